The van der Waals surface area contributed by atoms with E-state index in [9.17, 15) is 4.39 Å². The first-order chi connectivity index (χ1) is 9.78. The molecule has 1 unspecified atom stereocenters. The molecular weight excluding hydrogens is 261 g/mol. The Hall–Kier alpha value is -1.17. The summed E-state index contributed by atoms with van der Waals surface area (Å²) in [5.74, 6) is 0.280. The summed E-state index contributed by atoms with van der Waals surface area (Å²) >= 11 is 0. The summed E-state index contributed by atoms with van der Waals surface area (Å²) in [6, 6.07) is 4.78. The lowest BCUT2D eigenvalue weighted by atomic mass is 10.2. The lowest BCUT2D eigenvalue weighted by Crippen LogP contribution is -2.19. The largest absolute Gasteiger partial charge is 0.491 e. The van der Waals surface area contributed by atoms with Crippen molar-refractivity contribution in [1.82, 2.24) is 5.32 Å². The molecule has 2 rings (SSSR count). The molecule has 1 fully saturated rings. The van der Waals surface area contributed by atoms with Gasteiger partial charge >= 0.3 is 0 Å². The lowest BCUT2D eigenvalue weighted by Gasteiger charge is -2.13. The van der Waals surface area contributed by atoms with Crippen LogP contribution in [0, 0.1) is 5.82 Å². The third-order valence-corrected chi connectivity index (χ3v) is 3.20. The summed E-state index contributed by atoms with van der Waals surface area (Å²) in [6.07, 6.45) is 2.23. The van der Waals surface area contributed by atoms with Crippen LogP contribution in [0.3, 0.4) is 0 Å². The quantitative estimate of drug-likeness (QED) is 0.742. The van der Waals surface area contributed by atoms with Gasteiger partial charge in [-0.05, 0) is 30.5 Å². The van der Waals surface area contributed by atoms with Crippen molar-refractivity contribution in [2.45, 2.75) is 25.5 Å². The molecule has 1 saturated heterocycles. The highest BCUT2D eigenvalue weighted by atomic mass is 19.1. The summed E-state index contributed by atoms with van der Waals surface area (Å²) in [6.45, 7) is 3.25. The topological polar surface area (TPSA) is 39.7 Å². The van der Waals surface area contributed by atoms with Crippen LogP contribution in [0.15, 0.2) is 18.2 Å². The monoisotopic (exact) mass is 283 g/mol. The van der Waals surface area contributed by atoms with E-state index in [2.05, 4.69) is 5.32 Å². The van der Waals surface area contributed by atoms with E-state index < -0.39 is 0 Å². The van der Waals surface area contributed by atoms with Gasteiger partial charge in [-0.15, -0.1) is 0 Å². The number of methoxy groups -OCH3 is 1. The van der Waals surface area contributed by atoms with Crippen molar-refractivity contribution < 1.29 is 18.6 Å². The molecule has 1 aliphatic rings. The van der Waals surface area contributed by atoms with Gasteiger partial charge in [-0.1, -0.05) is 0 Å². The van der Waals surface area contributed by atoms with Crippen molar-refractivity contribution in [1.29, 1.82) is 0 Å². The van der Waals surface area contributed by atoms with E-state index >= 15 is 0 Å². The molecule has 0 spiro atoms. The maximum Gasteiger partial charge on any atom is 0.127 e. The van der Waals surface area contributed by atoms with Gasteiger partial charge in [-0.2, -0.15) is 0 Å². The van der Waals surface area contributed by atoms with E-state index in [-0.39, 0.29) is 11.9 Å². The normalized spacial score (nSPS) is 18.4. The minimum Gasteiger partial charge on any atom is -0.491 e. The Morgan fingerprint density at radius 1 is 1.40 bits per heavy atom. The number of hydrogen-bond acceptors (Lipinski definition) is 4. The average Bonchev–Trinajstić information content (AvgIpc) is 2.94. The van der Waals surface area contributed by atoms with Crippen LogP contribution in [0.2, 0.25) is 0 Å². The Labute approximate surface area is 119 Å². The molecule has 112 valence electrons. The molecule has 0 amide bonds. The SMILES string of the molecule is COCCNCc1cc(F)cc(OCC2CCCO2)c1. The molecule has 1 aromatic rings. The number of benzene rings is 1. The second-order valence-electron chi connectivity index (χ2n) is 4.91. The zero-order valence-corrected chi connectivity index (χ0v) is 11.9. The molecule has 0 radical (unpaired) electrons. The highest BCUT2D eigenvalue weighted by molar-refractivity contribution is 5.29. The zero-order chi connectivity index (χ0) is 14.2. The maximum absolute atomic E-state index is 13.5. The first kappa shape index (κ1) is 15.2. The van der Waals surface area contributed by atoms with Crippen LogP contribution in [-0.2, 0) is 16.0 Å². The minimum absolute atomic E-state index is 0.140. The van der Waals surface area contributed by atoms with Crippen LogP contribution in [-0.4, -0.2) is 39.6 Å². The van der Waals surface area contributed by atoms with Gasteiger partial charge in [-0.3, -0.25) is 0 Å². The molecule has 5 heteroatoms. The molecule has 1 heterocycles. The van der Waals surface area contributed by atoms with Gasteiger partial charge in [0.15, 0.2) is 0 Å². The van der Waals surface area contributed by atoms with E-state index in [1.165, 1.54) is 12.1 Å². The zero-order valence-electron chi connectivity index (χ0n) is 11.9. The van der Waals surface area contributed by atoms with Gasteiger partial charge in [0.05, 0.1) is 12.7 Å². The van der Waals surface area contributed by atoms with E-state index in [0.717, 1.165) is 31.6 Å². The van der Waals surface area contributed by atoms with Gasteiger partial charge in [0.1, 0.15) is 18.2 Å². The molecule has 1 atom stereocenters. The van der Waals surface area contributed by atoms with Crippen LogP contribution in [0.5, 0.6) is 5.75 Å². The standard InChI is InChI=1S/C15H22FNO3/c1-18-6-4-17-10-12-7-13(16)9-15(8-12)20-11-14-3-2-5-19-14/h7-9,14,17H,2-6,10-11H2,1H3. The first-order valence-corrected chi connectivity index (χ1v) is 7.01. The lowest BCUT2D eigenvalue weighted by molar-refractivity contribution is 0.0678. The van der Waals surface area contributed by atoms with E-state index in [1.807, 2.05) is 6.07 Å². The van der Waals surface area contributed by atoms with E-state index in [0.29, 0.717) is 25.5 Å². The van der Waals surface area contributed by atoms with Crippen LogP contribution >= 0.6 is 0 Å². The van der Waals surface area contributed by atoms with Crippen LogP contribution in [0.4, 0.5) is 4.39 Å². The fraction of sp³-hybridized carbons (Fsp3) is 0.600. The van der Waals surface area contributed by atoms with Crippen LogP contribution in [0.25, 0.3) is 0 Å². The molecule has 20 heavy (non-hydrogen) atoms. The number of rotatable bonds is 8. The Balaban J connectivity index is 1.83. The third-order valence-electron chi connectivity index (χ3n) is 3.20. The summed E-state index contributed by atoms with van der Waals surface area (Å²) in [5, 5.41) is 3.18. The van der Waals surface area contributed by atoms with Gasteiger partial charge in [0.25, 0.3) is 0 Å². The van der Waals surface area contributed by atoms with Crippen molar-refractivity contribution in [2.24, 2.45) is 0 Å². The van der Waals surface area contributed by atoms with E-state index in [4.69, 9.17) is 14.2 Å². The third kappa shape index (κ3) is 5.07. The first-order valence-electron chi connectivity index (χ1n) is 7.01. The fourth-order valence-corrected chi connectivity index (χ4v) is 2.18. The maximum atomic E-state index is 13.5. The van der Waals surface area contributed by atoms with Gasteiger partial charge in [-0.25, -0.2) is 4.39 Å². The summed E-state index contributed by atoms with van der Waals surface area (Å²) < 4.78 is 29.6. The second-order valence-corrected chi connectivity index (χ2v) is 4.91. The van der Waals surface area contributed by atoms with Gasteiger partial charge < -0.3 is 19.5 Å². The number of hydrogen-bond donors (Lipinski definition) is 1. The van der Waals surface area contributed by atoms with Crippen molar-refractivity contribution in [3.63, 3.8) is 0 Å². The Morgan fingerprint density at radius 3 is 3.05 bits per heavy atom. The van der Waals surface area contributed by atoms with Gasteiger partial charge in [0.2, 0.25) is 0 Å². The van der Waals surface area contributed by atoms with Crippen LogP contribution in [0.1, 0.15) is 18.4 Å². The predicted octanol–water partition coefficient (Wildman–Crippen LogP) is 2.12. The summed E-state index contributed by atoms with van der Waals surface area (Å²) in [5.41, 5.74) is 0.864. The summed E-state index contributed by atoms with van der Waals surface area (Å²) in [4.78, 5) is 0. The highest BCUT2D eigenvalue weighted by Gasteiger charge is 2.16. The number of halogens is 1. The number of nitrogens with one attached hydrogen (secondary N) is 1. The Morgan fingerprint density at radius 2 is 2.30 bits per heavy atom. The smallest absolute Gasteiger partial charge is 0.127 e. The Bertz CT molecular complexity index is 408. The fourth-order valence-electron chi connectivity index (χ4n) is 2.18. The van der Waals surface area contributed by atoms with Gasteiger partial charge in [0, 0.05) is 32.9 Å². The second kappa shape index (κ2) is 8.19. The number of ether oxygens (including phenoxy) is 3. The molecule has 1 N–H and O–H groups in total. The molecule has 0 saturated carbocycles. The minimum atomic E-state index is -0.279. The predicted molar refractivity (Wildman–Crippen MR) is 74.5 cm³/mol. The molecular formula is C15H22FNO3. The van der Waals surface area contributed by atoms with Crippen molar-refractivity contribution in [3.05, 3.63) is 29.6 Å². The van der Waals surface area contributed by atoms with E-state index in [1.54, 1.807) is 7.11 Å². The van der Waals surface area contributed by atoms with Crippen molar-refractivity contribution >= 4 is 0 Å². The molecule has 1 aliphatic heterocycles. The molecule has 0 aliphatic carbocycles. The van der Waals surface area contributed by atoms with Crippen molar-refractivity contribution in [3.8, 4) is 5.75 Å². The summed E-state index contributed by atoms with van der Waals surface area (Å²) in [7, 11) is 1.65. The average molecular weight is 283 g/mol. The Kier molecular flexibility index (Phi) is 6.24. The molecule has 0 aromatic heterocycles. The van der Waals surface area contributed by atoms with Crippen LogP contribution < -0.4 is 10.1 Å². The van der Waals surface area contributed by atoms with Crippen molar-refractivity contribution in [2.75, 3.05) is 33.5 Å². The molecule has 0 bridgehead atoms. The highest BCUT2D eigenvalue weighted by Crippen LogP contribution is 2.19. The molecule has 4 nitrogen and oxygen atoms in total. The molecule has 1 aromatic carbocycles.